The first kappa shape index (κ1) is 15.5. The highest BCUT2D eigenvalue weighted by molar-refractivity contribution is 7.89. The van der Waals surface area contributed by atoms with Gasteiger partial charge in [0.25, 0.3) is 0 Å². The van der Waals surface area contributed by atoms with E-state index in [0.717, 1.165) is 0 Å². The Bertz CT molecular complexity index is 567. The van der Waals surface area contributed by atoms with E-state index in [4.69, 9.17) is 18.0 Å². The van der Waals surface area contributed by atoms with Crippen LogP contribution in [0.25, 0.3) is 0 Å². The van der Waals surface area contributed by atoms with Crippen molar-refractivity contribution < 1.29 is 17.9 Å². The number of nitrogens with two attached hydrogens (primary N) is 1. The first-order valence-electron chi connectivity index (χ1n) is 5.42. The molecule has 0 fully saturated rings. The number of hydrogen-bond acceptors (Lipinski definition) is 5. The minimum Gasteiger partial charge on any atom is -0.465 e. The Labute approximate surface area is 117 Å². The van der Waals surface area contributed by atoms with Crippen molar-refractivity contribution in [3.63, 3.8) is 0 Å². The second-order valence-corrected chi connectivity index (χ2v) is 5.72. The van der Waals surface area contributed by atoms with Crippen molar-refractivity contribution >= 4 is 33.2 Å². The van der Waals surface area contributed by atoms with Gasteiger partial charge in [0.05, 0.1) is 11.5 Å². The molecule has 0 bridgehead atoms. The van der Waals surface area contributed by atoms with Crippen LogP contribution in [0.3, 0.4) is 0 Å². The van der Waals surface area contributed by atoms with Gasteiger partial charge in [-0.15, -0.1) is 0 Å². The maximum absolute atomic E-state index is 11.8. The Morgan fingerprint density at radius 3 is 2.42 bits per heavy atom. The van der Waals surface area contributed by atoms with Crippen LogP contribution in [0.4, 0.5) is 0 Å². The zero-order chi connectivity index (χ0) is 14.5. The van der Waals surface area contributed by atoms with Crippen molar-refractivity contribution in [3.05, 3.63) is 29.8 Å². The maximum Gasteiger partial charge on any atom is 0.321 e. The third-order valence-corrected chi connectivity index (χ3v) is 3.81. The summed E-state index contributed by atoms with van der Waals surface area (Å²) < 4.78 is 30.4. The molecule has 1 rings (SSSR count). The second-order valence-electron chi connectivity index (χ2n) is 3.52. The van der Waals surface area contributed by atoms with E-state index in [-0.39, 0.29) is 16.5 Å². The van der Waals surface area contributed by atoms with Gasteiger partial charge in [0.2, 0.25) is 10.0 Å². The summed E-state index contributed by atoms with van der Waals surface area (Å²) in [4.78, 5) is 11.3. The van der Waals surface area contributed by atoms with Crippen molar-refractivity contribution in [2.45, 2.75) is 11.8 Å². The normalized spacial score (nSPS) is 11.0. The molecular formula is C11H14N2O4S2. The summed E-state index contributed by atoms with van der Waals surface area (Å²) >= 11 is 4.76. The fraction of sp³-hybridized carbons (Fsp3) is 0.273. The number of ether oxygens (including phenoxy) is 1. The fourth-order valence-corrected chi connectivity index (χ4v) is 2.35. The molecule has 0 aliphatic carbocycles. The van der Waals surface area contributed by atoms with Gasteiger partial charge in [-0.1, -0.05) is 24.4 Å². The number of esters is 1. The summed E-state index contributed by atoms with van der Waals surface area (Å²) in [5.74, 6) is -0.633. The highest BCUT2D eigenvalue weighted by Gasteiger charge is 2.15. The highest BCUT2D eigenvalue weighted by atomic mass is 32.2. The van der Waals surface area contributed by atoms with E-state index in [1.54, 1.807) is 6.92 Å². The minimum atomic E-state index is -3.75. The molecule has 0 amide bonds. The van der Waals surface area contributed by atoms with Crippen molar-refractivity contribution in [1.82, 2.24) is 4.72 Å². The lowest BCUT2D eigenvalue weighted by atomic mass is 10.2. The van der Waals surface area contributed by atoms with Crippen LogP contribution in [0.5, 0.6) is 0 Å². The summed E-state index contributed by atoms with van der Waals surface area (Å²) in [6.45, 7) is 1.43. The molecule has 0 spiro atoms. The Morgan fingerprint density at radius 1 is 1.37 bits per heavy atom. The number of rotatable bonds is 6. The Morgan fingerprint density at radius 2 is 1.95 bits per heavy atom. The Balaban J connectivity index is 2.77. The number of carbonyl (C=O) groups excluding carboxylic acids is 1. The van der Waals surface area contributed by atoms with Crippen LogP contribution in [0.2, 0.25) is 0 Å². The van der Waals surface area contributed by atoms with Crippen LogP contribution >= 0.6 is 12.2 Å². The topological polar surface area (TPSA) is 98.5 Å². The molecule has 19 heavy (non-hydrogen) atoms. The molecule has 3 N–H and O–H groups in total. The molecule has 0 unspecified atom stereocenters. The van der Waals surface area contributed by atoms with Gasteiger partial charge in [-0.2, -0.15) is 4.72 Å². The van der Waals surface area contributed by atoms with E-state index in [2.05, 4.69) is 9.46 Å². The van der Waals surface area contributed by atoms with Gasteiger partial charge < -0.3 is 10.5 Å². The smallest absolute Gasteiger partial charge is 0.321 e. The number of nitrogens with one attached hydrogen (secondary N) is 1. The molecule has 8 heteroatoms. The monoisotopic (exact) mass is 302 g/mol. The lowest BCUT2D eigenvalue weighted by molar-refractivity contribution is -0.141. The van der Waals surface area contributed by atoms with Crippen LogP contribution in [0.1, 0.15) is 12.5 Å². The van der Waals surface area contributed by atoms with E-state index in [1.807, 2.05) is 0 Å². The van der Waals surface area contributed by atoms with Crippen molar-refractivity contribution in [1.29, 1.82) is 0 Å². The lowest BCUT2D eigenvalue weighted by Gasteiger charge is -2.07. The number of carbonyl (C=O) groups is 1. The van der Waals surface area contributed by atoms with E-state index in [1.165, 1.54) is 24.3 Å². The first-order valence-corrected chi connectivity index (χ1v) is 7.31. The number of sulfonamides is 1. The zero-order valence-electron chi connectivity index (χ0n) is 10.3. The van der Waals surface area contributed by atoms with Crippen LogP contribution in [0.15, 0.2) is 29.2 Å². The quantitative estimate of drug-likeness (QED) is 0.574. The highest BCUT2D eigenvalue weighted by Crippen LogP contribution is 2.10. The minimum absolute atomic E-state index is 0.0248. The van der Waals surface area contributed by atoms with Gasteiger partial charge >= 0.3 is 5.97 Å². The second kappa shape index (κ2) is 6.60. The molecule has 1 aromatic rings. The largest absolute Gasteiger partial charge is 0.465 e. The summed E-state index contributed by atoms with van der Waals surface area (Å²) in [5, 5.41) is 0. The van der Waals surface area contributed by atoms with Crippen molar-refractivity contribution in [3.8, 4) is 0 Å². The predicted molar refractivity (Wildman–Crippen MR) is 74.2 cm³/mol. The van der Waals surface area contributed by atoms with Gasteiger partial charge in [-0.3, -0.25) is 4.79 Å². The molecule has 0 heterocycles. The van der Waals surface area contributed by atoms with Crippen LogP contribution in [-0.4, -0.2) is 32.5 Å². The van der Waals surface area contributed by atoms with Gasteiger partial charge in [-0.25, -0.2) is 8.42 Å². The van der Waals surface area contributed by atoms with Gasteiger partial charge in [0.1, 0.15) is 11.5 Å². The maximum atomic E-state index is 11.8. The van der Waals surface area contributed by atoms with E-state index in [9.17, 15) is 13.2 Å². The Hall–Kier alpha value is -1.51. The van der Waals surface area contributed by atoms with Crippen molar-refractivity contribution in [2.24, 2.45) is 5.73 Å². The number of benzene rings is 1. The van der Waals surface area contributed by atoms with E-state index in [0.29, 0.717) is 5.56 Å². The summed E-state index contributed by atoms with van der Waals surface area (Å²) in [6, 6.07) is 5.73. The molecule has 0 radical (unpaired) electrons. The predicted octanol–water partition coefficient (Wildman–Crippen LogP) is 0.162. The van der Waals surface area contributed by atoms with Gasteiger partial charge in [0.15, 0.2) is 0 Å². The molecule has 104 valence electrons. The third kappa shape index (κ3) is 4.58. The van der Waals surface area contributed by atoms with Crippen molar-refractivity contribution in [2.75, 3.05) is 13.2 Å². The fourth-order valence-electron chi connectivity index (χ4n) is 1.25. The third-order valence-electron chi connectivity index (χ3n) is 2.16. The van der Waals surface area contributed by atoms with Crippen LogP contribution in [-0.2, 0) is 19.6 Å². The summed E-state index contributed by atoms with van der Waals surface area (Å²) in [6.07, 6.45) is 0. The molecule has 0 saturated carbocycles. The summed E-state index contributed by atoms with van der Waals surface area (Å²) in [7, 11) is -3.75. The molecule has 1 aromatic carbocycles. The average molecular weight is 302 g/mol. The Kier molecular flexibility index (Phi) is 5.40. The van der Waals surface area contributed by atoms with Crippen LogP contribution < -0.4 is 10.5 Å². The van der Waals surface area contributed by atoms with Crippen LogP contribution in [0, 0.1) is 0 Å². The SMILES string of the molecule is CCOC(=O)CNS(=O)(=O)c1ccc(C(N)=S)cc1. The molecule has 0 aliphatic heterocycles. The molecule has 6 nitrogen and oxygen atoms in total. The molecule has 0 saturated heterocycles. The lowest BCUT2D eigenvalue weighted by Crippen LogP contribution is -2.30. The number of thiocarbonyl (C=S) groups is 1. The molecule has 0 atom stereocenters. The average Bonchev–Trinajstić information content (AvgIpc) is 2.37. The zero-order valence-corrected chi connectivity index (χ0v) is 11.9. The van der Waals surface area contributed by atoms with Gasteiger partial charge in [0, 0.05) is 5.56 Å². The standard InChI is InChI=1S/C11H14N2O4S2/c1-2-17-10(14)7-13-19(15,16)9-5-3-8(4-6-9)11(12)18/h3-6,13H,2,7H2,1H3,(H2,12,18). The molecular weight excluding hydrogens is 288 g/mol. The first-order chi connectivity index (χ1) is 8.86. The van der Waals surface area contributed by atoms with E-state index < -0.39 is 22.5 Å². The molecule has 0 aliphatic rings. The summed E-state index contributed by atoms with van der Waals surface area (Å²) in [5.41, 5.74) is 5.98. The van der Waals surface area contributed by atoms with Gasteiger partial charge in [-0.05, 0) is 19.1 Å². The molecule has 0 aromatic heterocycles. The van der Waals surface area contributed by atoms with E-state index >= 15 is 0 Å². The number of hydrogen-bond donors (Lipinski definition) is 2.